The van der Waals surface area contributed by atoms with Gasteiger partial charge in [0.1, 0.15) is 30.2 Å². The van der Waals surface area contributed by atoms with Gasteiger partial charge in [-0.1, -0.05) is 0 Å². The van der Waals surface area contributed by atoms with Crippen LogP contribution < -0.4 is 11.5 Å². The van der Waals surface area contributed by atoms with Gasteiger partial charge >= 0.3 is 15.6 Å². The van der Waals surface area contributed by atoms with E-state index in [-0.39, 0.29) is 17.0 Å². The van der Waals surface area contributed by atoms with Crippen molar-refractivity contribution >= 4 is 32.6 Å². The van der Waals surface area contributed by atoms with E-state index in [1.165, 1.54) is 17.8 Å². The van der Waals surface area contributed by atoms with E-state index in [4.69, 9.17) is 25.4 Å². The first kappa shape index (κ1) is 25.7. The highest BCUT2D eigenvalue weighted by atomic mass is 31.3. The van der Waals surface area contributed by atoms with E-state index in [0.29, 0.717) is 0 Å². The van der Waals surface area contributed by atoms with Crippen LogP contribution in [0.5, 0.6) is 0 Å². The molecular formula is C12H22N6O11P2. The van der Waals surface area contributed by atoms with Gasteiger partial charge in [0.2, 0.25) is 0 Å². The lowest BCUT2D eigenvalue weighted by atomic mass is 10.1. The third-order valence-corrected chi connectivity index (χ3v) is 5.76. The van der Waals surface area contributed by atoms with Crippen LogP contribution in [0.2, 0.25) is 0 Å². The molecule has 0 amide bonds. The van der Waals surface area contributed by atoms with Crippen molar-refractivity contribution in [2.24, 2.45) is 5.73 Å². The third kappa shape index (κ3) is 6.95. The quantitative estimate of drug-likeness (QED) is 0.154. The summed E-state index contributed by atoms with van der Waals surface area (Å²) in [6.45, 7) is 0.687. The summed E-state index contributed by atoms with van der Waals surface area (Å²) >= 11 is 0. The van der Waals surface area contributed by atoms with Gasteiger partial charge in [0.15, 0.2) is 17.7 Å². The van der Waals surface area contributed by atoms with E-state index in [1.54, 1.807) is 0 Å². The van der Waals surface area contributed by atoms with E-state index in [9.17, 15) is 24.2 Å². The normalized spacial score (nSPS) is 26.8. The van der Waals surface area contributed by atoms with Crippen molar-refractivity contribution in [2.45, 2.75) is 37.7 Å². The van der Waals surface area contributed by atoms with Crippen molar-refractivity contribution < 1.29 is 52.7 Å². The molecule has 4 unspecified atom stereocenters. The Hall–Kier alpha value is -1.59. The molecule has 0 bridgehead atoms. The van der Waals surface area contributed by atoms with E-state index in [0.717, 1.165) is 6.33 Å². The number of imidazole rings is 1. The predicted molar refractivity (Wildman–Crippen MR) is 100 cm³/mol. The van der Waals surface area contributed by atoms with E-state index in [1.807, 2.05) is 0 Å². The second-order valence-corrected chi connectivity index (χ2v) is 9.04. The summed E-state index contributed by atoms with van der Waals surface area (Å²) < 4.78 is 36.8. The molecule has 1 aliphatic heterocycles. The Morgan fingerprint density at radius 2 is 1.84 bits per heavy atom. The molecule has 2 aromatic heterocycles. The van der Waals surface area contributed by atoms with Crippen LogP contribution in [-0.2, 0) is 22.7 Å². The molecule has 0 aliphatic carbocycles. The molecule has 0 spiro atoms. The Morgan fingerprint density at radius 1 is 1.23 bits per heavy atom. The predicted octanol–water partition coefficient (Wildman–Crippen LogP) is -2.46. The van der Waals surface area contributed by atoms with Crippen molar-refractivity contribution in [1.82, 2.24) is 19.5 Å². The van der Waals surface area contributed by atoms with Crippen LogP contribution in [-0.4, -0.2) is 80.7 Å². The Morgan fingerprint density at radius 3 is 2.42 bits per heavy atom. The minimum Gasteiger partial charge on any atom is -0.387 e. The molecule has 31 heavy (non-hydrogen) atoms. The first-order valence-electron chi connectivity index (χ1n) is 8.34. The second kappa shape index (κ2) is 9.91. The van der Waals surface area contributed by atoms with Crippen molar-refractivity contribution in [2.75, 3.05) is 12.3 Å². The average Bonchev–Trinajstić information content (AvgIpc) is 3.14. The maximum Gasteiger partial charge on any atom is 0.481 e. The fraction of sp³-hybridized carbons (Fsp3) is 0.583. The molecule has 3 rings (SSSR count). The van der Waals surface area contributed by atoms with Crippen LogP contribution >= 0.6 is 15.6 Å². The molecule has 176 valence electrons. The van der Waals surface area contributed by atoms with Gasteiger partial charge in [0.25, 0.3) is 0 Å². The zero-order valence-corrected chi connectivity index (χ0v) is 17.6. The number of anilines is 1. The molecule has 1 saturated heterocycles. The number of rotatable bonds is 6. The molecule has 1 aliphatic rings. The summed E-state index contributed by atoms with van der Waals surface area (Å²) in [6, 6.07) is 0. The van der Waals surface area contributed by atoms with Crippen LogP contribution in [0.4, 0.5) is 5.82 Å². The second-order valence-electron chi connectivity index (χ2n) is 6.21. The Balaban J connectivity index is 0.000000785. The van der Waals surface area contributed by atoms with Gasteiger partial charge in [0, 0.05) is 0 Å². The summed E-state index contributed by atoms with van der Waals surface area (Å²) in [6.07, 6.45) is -3.87. The smallest absolute Gasteiger partial charge is 0.387 e. The van der Waals surface area contributed by atoms with Crippen LogP contribution in [0.3, 0.4) is 0 Å². The molecule has 6 atom stereocenters. The summed E-state index contributed by atoms with van der Waals surface area (Å²) in [7, 11) is -10.4. The first-order valence-corrected chi connectivity index (χ1v) is 11.4. The third-order valence-electron chi connectivity index (χ3n) is 3.61. The number of hydrogen-bond acceptors (Lipinski definition) is 13. The zero-order valence-electron chi connectivity index (χ0n) is 15.8. The Bertz CT molecular complexity index is 980. The Kier molecular flexibility index (Phi) is 8.21. The molecular weight excluding hydrogens is 466 g/mol. The van der Waals surface area contributed by atoms with Crippen molar-refractivity contribution in [3.05, 3.63) is 12.7 Å². The fourth-order valence-corrected chi connectivity index (χ4v) is 4.08. The van der Waals surface area contributed by atoms with Gasteiger partial charge in [-0.05, 0) is 6.92 Å². The lowest BCUT2D eigenvalue weighted by Crippen LogP contribution is -2.33. The number of hydrogen-bond donors (Lipinski definition) is 8. The number of aromatic nitrogens is 4. The van der Waals surface area contributed by atoms with Crippen molar-refractivity contribution in [3.8, 4) is 0 Å². The van der Waals surface area contributed by atoms with Gasteiger partial charge in [0.05, 0.1) is 19.2 Å². The minimum absolute atomic E-state index is 0.0856. The molecule has 2 aromatic rings. The van der Waals surface area contributed by atoms with Crippen molar-refractivity contribution in [3.63, 3.8) is 0 Å². The number of phosphoric acid groups is 2. The van der Waals surface area contributed by atoms with Crippen LogP contribution in [0.1, 0.15) is 13.2 Å². The SMILES string of the molecule is CC(N)O.Nc1ncnc2c1ncn2[C@@H]1O[C@H](COP(=O)(O)OP(=O)(O)O)C(O)C1O. The molecule has 17 nitrogen and oxygen atoms in total. The number of phosphoric ester groups is 1. The molecule has 0 aromatic carbocycles. The highest BCUT2D eigenvalue weighted by Gasteiger charge is 2.46. The van der Waals surface area contributed by atoms with Crippen LogP contribution in [0.15, 0.2) is 12.7 Å². The standard InChI is InChI=1S/C10H15N5O10P2.C2H7NO/c11-8-5-9(13-2-12-8)15(3-14-5)10-7(17)6(16)4(24-10)1-23-27(21,22)25-26(18,19)20;1-2(3)4/h2-4,6-7,10,16-17H,1H2,(H,21,22)(H2,11,12,13)(H2,18,19,20);2,4H,3H2,1H3/t4-,6?,7?,10-;/m1./s1. The van der Waals surface area contributed by atoms with Crippen LogP contribution in [0.25, 0.3) is 11.2 Å². The average molecular weight is 488 g/mol. The number of ether oxygens (including phenoxy) is 1. The molecule has 0 radical (unpaired) electrons. The largest absolute Gasteiger partial charge is 0.481 e. The van der Waals surface area contributed by atoms with E-state index >= 15 is 0 Å². The maximum absolute atomic E-state index is 11.5. The number of nitrogen functional groups attached to an aromatic ring is 1. The first-order chi connectivity index (χ1) is 14.2. The number of nitrogens with zero attached hydrogens (tertiary/aromatic N) is 4. The van der Waals surface area contributed by atoms with Gasteiger partial charge in [-0.25, -0.2) is 24.1 Å². The maximum atomic E-state index is 11.5. The monoisotopic (exact) mass is 488 g/mol. The fourth-order valence-electron chi connectivity index (χ4n) is 2.48. The number of fused-ring (bicyclic) bond motifs is 1. The molecule has 10 N–H and O–H groups in total. The highest BCUT2D eigenvalue weighted by molar-refractivity contribution is 7.60. The topological polar surface area (TPSA) is 279 Å². The number of aliphatic hydroxyl groups excluding tert-OH is 3. The summed E-state index contributed by atoms with van der Waals surface area (Å²) in [5.41, 5.74) is 10.8. The van der Waals surface area contributed by atoms with Gasteiger partial charge in [-0.3, -0.25) is 9.09 Å². The van der Waals surface area contributed by atoms with Gasteiger partial charge in [-0.2, -0.15) is 4.31 Å². The van der Waals surface area contributed by atoms with Gasteiger partial charge in [-0.15, -0.1) is 0 Å². The number of aliphatic hydroxyl groups is 3. The van der Waals surface area contributed by atoms with E-state index < -0.39 is 53.0 Å². The minimum atomic E-state index is -5.29. The van der Waals surface area contributed by atoms with E-state index in [2.05, 4.69) is 29.5 Å². The number of nitrogens with two attached hydrogens (primary N) is 2. The molecule has 0 saturated carbocycles. The van der Waals surface area contributed by atoms with Crippen molar-refractivity contribution in [1.29, 1.82) is 0 Å². The summed E-state index contributed by atoms with van der Waals surface area (Å²) in [5, 5.41) is 28.1. The lowest BCUT2D eigenvalue weighted by Gasteiger charge is -2.17. The molecule has 1 fully saturated rings. The highest BCUT2D eigenvalue weighted by Crippen LogP contribution is 2.57. The Labute approximate surface area is 174 Å². The molecule has 19 heteroatoms. The zero-order chi connectivity index (χ0) is 23.6. The van der Waals surface area contributed by atoms with Gasteiger partial charge < -0.3 is 46.2 Å². The molecule has 3 heterocycles. The lowest BCUT2D eigenvalue weighted by molar-refractivity contribution is -0.0503. The summed E-state index contributed by atoms with van der Waals surface area (Å²) in [5.74, 6) is 0.0856. The summed E-state index contributed by atoms with van der Waals surface area (Å²) in [4.78, 5) is 38.1. The van der Waals surface area contributed by atoms with Crippen LogP contribution in [0, 0.1) is 0 Å².